The monoisotopic (exact) mass is 680 g/mol. The molecule has 5 atom stereocenters. The fourth-order valence-electron chi connectivity index (χ4n) is 5.63. The normalized spacial score (nSPS) is 21.3. The van der Waals surface area contributed by atoms with Crippen molar-refractivity contribution in [2.75, 3.05) is 12.3 Å². The summed E-state index contributed by atoms with van der Waals surface area (Å²) in [5.41, 5.74) is 8.03. The number of benzene rings is 2. The second-order valence-corrected chi connectivity index (χ2v) is 12.1. The summed E-state index contributed by atoms with van der Waals surface area (Å²) in [6, 6.07) is 13.5. The van der Waals surface area contributed by atoms with Crippen LogP contribution in [0.15, 0.2) is 65.7 Å². The van der Waals surface area contributed by atoms with Gasteiger partial charge in [-0.3, -0.25) is 4.57 Å². The lowest BCUT2D eigenvalue weighted by atomic mass is 9.90. The number of ether oxygens (including phenoxy) is 2. The topological polar surface area (TPSA) is 216 Å². The number of anilines is 1. The number of carboxylic acids is 2. The molecule has 0 amide bonds. The summed E-state index contributed by atoms with van der Waals surface area (Å²) in [5, 5.41) is 43.4. The van der Waals surface area contributed by atoms with Crippen LogP contribution in [0.5, 0.6) is 0 Å². The van der Waals surface area contributed by atoms with Crippen LogP contribution in [-0.2, 0) is 26.3 Å². The standard InChI is InChI=1S/C31H29ClN6O8S/c32-30-36-25(33)23-26(37-30)38(14-34-23)27-24(40)21(39)10-9-18(46-27)12-45-31(29(43)44,22-13-47-15-35-22)11-16-5-7-17(8-6-16)19-3-1-2-4-20(19)28(41)42/h1-8,13-15,18,21,24,27,39-40H,9-12H2,(H,41,42)(H,43,44)(H2,33,36,37)/t18-,21?,24+,27+,31?/m0/s1. The lowest BCUT2D eigenvalue weighted by molar-refractivity contribution is -0.184. The van der Waals surface area contributed by atoms with E-state index >= 15 is 0 Å². The molecule has 2 unspecified atom stereocenters. The molecule has 14 nitrogen and oxygen atoms in total. The van der Waals surface area contributed by atoms with Crippen LogP contribution in [0.25, 0.3) is 22.3 Å². The number of hydrogen-bond acceptors (Lipinski definition) is 12. The average Bonchev–Trinajstić information content (AvgIpc) is 3.72. The number of fused-ring (bicyclic) bond motifs is 1. The van der Waals surface area contributed by atoms with Crippen molar-refractivity contribution in [2.24, 2.45) is 0 Å². The minimum absolute atomic E-state index is 0.0240. The summed E-state index contributed by atoms with van der Waals surface area (Å²) in [6.07, 6.45) is -3.00. The first kappa shape index (κ1) is 32.4. The molecule has 244 valence electrons. The molecule has 5 aromatic rings. The van der Waals surface area contributed by atoms with E-state index in [1.807, 2.05) is 0 Å². The number of nitrogens with two attached hydrogens (primary N) is 1. The first-order valence-corrected chi connectivity index (χ1v) is 15.7. The third kappa shape index (κ3) is 6.41. The minimum Gasteiger partial charge on any atom is -0.479 e. The Kier molecular flexibility index (Phi) is 9.18. The van der Waals surface area contributed by atoms with Gasteiger partial charge in [0.2, 0.25) is 10.9 Å². The van der Waals surface area contributed by atoms with Crippen molar-refractivity contribution in [3.8, 4) is 11.1 Å². The number of hydrogen-bond donors (Lipinski definition) is 5. The number of aromatic nitrogens is 5. The Morgan fingerprint density at radius 3 is 2.55 bits per heavy atom. The highest BCUT2D eigenvalue weighted by molar-refractivity contribution is 7.07. The van der Waals surface area contributed by atoms with E-state index in [2.05, 4.69) is 19.9 Å². The predicted octanol–water partition coefficient (Wildman–Crippen LogP) is 3.52. The number of rotatable bonds is 10. The van der Waals surface area contributed by atoms with E-state index in [-0.39, 0.29) is 59.4 Å². The van der Waals surface area contributed by atoms with E-state index in [1.165, 1.54) is 33.8 Å². The van der Waals surface area contributed by atoms with E-state index in [1.54, 1.807) is 47.8 Å². The Morgan fingerprint density at radius 2 is 1.85 bits per heavy atom. The number of nitrogens with zero attached hydrogens (tertiary/aromatic N) is 5. The average molecular weight is 681 g/mol. The number of aromatic carboxylic acids is 1. The fourth-order valence-corrected chi connectivity index (χ4v) is 6.42. The van der Waals surface area contributed by atoms with Gasteiger partial charge in [-0.2, -0.15) is 9.97 Å². The van der Waals surface area contributed by atoms with Crippen molar-refractivity contribution < 1.29 is 39.5 Å². The second kappa shape index (κ2) is 13.3. The number of halogens is 1. The molecular formula is C31H29ClN6O8S. The first-order valence-electron chi connectivity index (χ1n) is 14.4. The molecule has 4 heterocycles. The summed E-state index contributed by atoms with van der Waals surface area (Å²) in [6.45, 7) is -0.242. The van der Waals surface area contributed by atoms with Crippen LogP contribution in [0.1, 0.15) is 40.7 Å². The van der Waals surface area contributed by atoms with Gasteiger partial charge in [0.05, 0.1) is 41.9 Å². The van der Waals surface area contributed by atoms with Crippen LogP contribution in [0, 0.1) is 0 Å². The number of aliphatic hydroxyl groups is 2. The molecule has 6 N–H and O–H groups in total. The van der Waals surface area contributed by atoms with Gasteiger partial charge in [0, 0.05) is 11.8 Å². The molecule has 0 bridgehead atoms. The molecule has 0 aliphatic carbocycles. The van der Waals surface area contributed by atoms with E-state index in [4.69, 9.17) is 26.8 Å². The number of aliphatic hydroxyl groups excluding tert-OH is 2. The highest BCUT2D eigenvalue weighted by Crippen LogP contribution is 2.35. The number of nitrogen functional groups attached to an aromatic ring is 1. The number of carboxylic acid groups (broad SMARTS) is 2. The third-order valence-electron chi connectivity index (χ3n) is 8.08. The Bertz CT molecular complexity index is 1910. The lowest BCUT2D eigenvalue weighted by Gasteiger charge is -2.31. The van der Waals surface area contributed by atoms with Gasteiger partial charge < -0.3 is 35.6 Å². The van der Waals surface area contributed by atoms with Crippen LogP contribution in [0.3, 0.4) is 0 Å². The SMILES string of the molecule is Nc1nc(Cl)nc2c1ncn2[C@@H]1O[C@H](COC(Cc2ccc(-c3ccccc3C(=O)O)cc2)(C(=O)O)c2cscn2)CCC(O)[C@H]1O. The van der Waals surface area contributed by atoms with Gasteiger partial charge >= 0.3 is 11.9 Å². The first-order chi connectivity index (χ1) is 22.6. The van der Waals surface area contributed by atoms with Gasteiger partial charge in [-0.05, 0) is 47.2 Å². The molecule has 16 heteroatoms. The van der Waals surface area contributed by atoms with Gasteiger partial charge in [0.25, 0.3) is 0 Å². The number of imidazole rings is 1. The van der Waals surface area contributed by atoms with Gasteiger partial charge in [-0.15, -0.1) is 11.3 Å². The van der Waals surface area contributed by atoms with Crippen LogP contribution in [0.4, 0.5) is 5.82 Å². The quantitative estimate of drug-likeness (QED) is 0.134. The lowest BCUT2D eigenvalue weighted by Crippen LogP contribution is -2.43. The smallest absolute Gasteiger partial charge is 0.342 e. The highest BCUT2D eigenvalue weighted by atomic mass is 35.5. The maximum atomic E-state index is 13.0. The summed E-state index contributed by atoms with van der Waals surface area (Å²) in [4.78, 5) is 41.3. The predicted molar refractivity (Wildman–Crippen MR) is 170 cm³/mol. The highest BCUT2D eigenvalue weighted by Gasteiger charge is 2.45. The van der Waals surface area contributed by atoms with E-state index in [0.717, 1.165) is 0 Å². The maximum Gasteiger partial charge on any atom is 0.342 e. The molecule has 0 radical (unpaired) electrons. The minimum atomic E-state index is -1.93. The van der Waals surface area contributed by atoms with E-state index in [9.17, 15) is 30.0 Å². The molecule has 3 aromatic heterocycles. The van der Waals surface area contributed by atoms with Crippen molar-refractivity contribution in [2.45, 2.75) is 49.4 Å². The zero-order valence-corrected chi connectivity index (χ0v) is 26.1. The second-order valence-electron chi connectivity index (χ2n) is 11.0. The molecular weight excluding hydrogens is 652 g/mol. The van der Waals surface area contributed by atoms with Crippen molar-refractivity contribution in [3.05, 3.63) is 87.9 Å². The number of thiazole rings is 1. The Labute approximate surface area is 276 Å². The zero-order valence-electron chi connectivity index (χ0n) is 24.5. The molecule has 6 rings (SSSR count). The summed E-state index contributed by atoms with van der Waals surface area (Å²) < 4.78 is 13.9. The van der Waals surface area contributed by atoms with Gasteiger partial charge in [0.1, 0.15) is 11.6 Å². The van der Waals surface area contributed by atoms with Crippen LogP contribution in [-0.4, -0.2) is 81.8 Å². The van der Waals surface area contributed by atoms with Crippen LogP contribution >= 0.6 is 22.9 Å². The summed E-state index contributed by atoms with van der Waals surface area (Å²) >= 11 is 7.24. The van der Waals surface area contributed by atoms with Crippen molar-refractivity contribution in [3.63, 3.8) is 0 Å². The Hall–Kier alpha value is -4.51. The molecule has 0 saturated carbocycles. The molecule has 1 saturated heterocycles. The van der Waals surface area contributed by atoms with E-state index in [0.29, 0.717) is 16.7 Å². The van der Waals surface area contributed by atoms with Gasteiger partial charge in [-0.1, -0.05) is 42.5 Å². The van der Waals surface area contributed by atoms with Crippen LogP contribution < -0.4 is 5.73 Å². The molecule has 1 aliphatic rings. The van der Waals surface area contributed by atoms with Crippen molar-refractivity contribution >= 4 is 51.9 Å². The number of carbonyl (C=O) groups is 2. The molecule has 2 aromatic carbocycles. The fraction of sp³-hybridized carbons (Fsp3) is 0.290. The molecule has 0 spiro atoms. The molecule has 1 aliphatic heterocycles. The van der Waals surface area contributed by atoms with Crippen LogP contribution in [0.2, 0.25) is 5.28 Å². The Balaban J connectivity index is 1.28. The number of aliphatic carboxylic acids is 1. The largest absolute Gasteiger partial charge is 0.479 e. The van der Waals surface area contributed by atoms with Crippen molar-refractivity contribution in [1.82, 2.24) is 24.5 Å². The van der Waals surface area contributed by atoms with Gasteiger partial charge in [0.15, 0.2) is 17.7 Å². The Morgan fingerprint density at radius 1 is 1.09 bits per heavy atom. The van der Waals surface area contributed by atoms with E-state index < -0.39 is 42.1 Å². The molecule has 47 heavy (non-hydrogen) atoms. The third-order valence-corrected chi connectivity index (χ3v) is 8.84. The summed E-state index contributed by atoms with van der Waals surface area (Å²) in [7, 11) is 0. The van der Waals surface area contributed by atoms with Gasteiger partial charge in [-0.25, -0.2) is 19.6 Å². The molecule has 1 fully saturated rings. The zero-order chi connectivity index (χ0) is 33.3. The van der Waals surface area contributed by atoms with Crippen molar-refractivity contribution in [1.29, 1.82) is 0 Å². The summed E-state index contributed by atoms with van der Waals surface area (Å²) in [5.74, 6) is -2.32. The maximum absolute atomic E-state index is 13.0.